The van der Waals surface area contributed by atoms with Gasteiger partial charge in [-0.25, -0.2) is 9.97 Å². The van der Waals surface area contributed by atoms with Gasteiger partial charge in [0.15, 0.2) is 11.5 Å². The molecule has 7 heteroatoms. The summed E-state index contributed by atoms with van der Waals surface area (Å²) in [6.07, 6.45) is 7.33. The lowest BCUT2D eigenvalue weighted by molar-refractivity contribution is -0.130. The molecular formula is C13H18N6O. The van der Waals surface area contributed by atoms with E-state index in [2.05, 4.69) is 15.3 Å². The van der Waals surface area contributed by atoms with Crippen LogP contribution >= 0.6 is 0 Å². The number of rotatable bonds is 3. The van der Waals surface area contributed by atoms with Gasteiger partial charge in [0.2, 0.25) is 5.91 Å². The van der Waals surface area contributed by atoms with E-state index in [1.54, 1.807) is 23.0 Å². The molecule has 0 aliphatic carbocycles. The second-order valence-corrected chi connectivity index (χ2v) is 5.07. The second kappa shape index (κ2) is 4.99. The maximum atomic E-state index is 12.3. The Morgan fingerprint density at radius 2 is 2.20 bits per heavy atom. The first-order valence-corrected chi connectivity index (χ1v) is 6.79. The maximum Gasteiger partial charge on any atom is 0.244 e. The van der Waals surface area contributed by atoms with E-state index in [1.807, 2.05) is 11.8 Å². The zero-order chi connectivity index (χ0) is 14.1. The number of likely N-dealkylation sites (tertiary alicyclic amines) is 1. The summed E-state index contributed by atoms with van der Waals surface area (Å²) in [7, 11) is 0. The van der Waals surface area contributed by atoms with Gasteiger partial charge >= 0.3 is 0 Å². The van der Waals surface area contributed by atoms with Crippen LogP contribution in [0, 0.1) is 0 Å². The third kappa shape index (κ3) is 2.26. The van der Waals surface area contributed by atoms with Gasteiger partial charge in [0.25, 0.3) is 0 Å². The van der Waals surface area contributed by atoms with Gasteiger partial charge in [0.1, 0.15) is 11.9 Å². The van der Waals surface area contributed by atoms with E-state index in [4.69, 9.17) is 5.73 Å². The Morgan fingerprint density at radius 3 is 2.95 bits per heavy atom. The van der Waals surface area contributed by atoms with Crippen LogP contribution in [0.15, 0.2) is 18.6 Å². The number of nitrogens with two attached hydrogens (primary N) is 1. The van der Waals surface area contributed by atoms with Crippen molar-refractivity contribution in [1.29, 1.82) is 0 Å². The molecule has 106 valence electrons. The van der Waals surface area contributed by atoms with Gasteiger partial charge in [-0.3, -0.25) is 4.79 Å². The molecule has 1 unspecified atom stereocenters. The number of anilines is 2. The number of nitrogens with zero attached hydrogens (tertiary/aromatic N) is 4. The summed E-state index contributed by atoms with van der Waals surface area (Å²) >= 11 is 0. The normalized spacial score (nSPS) is 16.6. The van der Waals surface area contributed by atoms with Crippen molar-refractivity contribution < 1.29 is 4.79 Å². The second-order valence-electron chi connectivity index (χ2n) is 5.07. The highest BCUT2D eigenvalue weighted by Crippen LogP contribution is 2.17. The van der Waals surface area contributed by atoms with Crippen LogP contribution < -0.4 is 11.1 Å². The molecule has 3 heterocycles. The van der Waals surface area contributed by atoms with E-state index in [0.717, 1.165) is 25.9 Å². The van der Waals surface area contributed by atoms with Crippen molar-refractivity contribution in [3.63, 3.8) is 0 Å². The monoisotopic (exact) mass is 274 g/mol. The van der Waals surface area contributed by atoms with Gasteiger partial charge in [-0.15, -0.1) is 0 Å². The number of nitrogen functional groups attached to an aromatic ring is 1. The first-order chi connectivity index (χ1) is 9.65. The fraction of sp³-hybridized carbons (Fsp3) is 0.462. The molecule has 1 amide bonds. The van der Waals surface area contributed by atoms with Crippen LogP contribution in [0.25, 0.3) is 5.65 Å². The predicted octanol–water partition coefficient (Wildman–Crippen LogP) is 0.734. The first-order valence-electron chi connectivity index (χ1n) is 6.79. The molecule has 2 aromatic rings. The third-order valence-electron chi connectivity index (χ3n) is 3.53. The van der Waals surface area contributed by atoms with Gasteiger partial charge in [-0.05, 0) is 19.8 Å². The summed E-state index contributed by atoms with van der Waals surface area (Å²) in [5, 5.41) is 3.12. The number of fused-ring (bicyclic) bond motifs is 1. The lowest BCUT2D eigenvalue weighted by Gasteiger charge is -2.21. The van der Waals surface area contributed by atoms with Crippen LogP contribution in [0.5, 0.6) is 0 Å². The predicted molar refractivity (Wildman–Crippen MR) is 76.3 cm³/mol. The Labute approximate surface area is 116 Å². The number of imidazole rings is 1. The van der Waals surface area contributed by atoms with E-state index < -0.39 is 0 Å². The molecular weight excluding hydrogens is 256 g/mol. The number of hydrogen-bond donors (Lipinski definition) is 2. The number of carbonyl (C=O) groups excluding carboxylic acids is 1. The highest BCUT2D eigenvalue weighted by molar-refractivity contribution is 5.85. The third-order valence-corrected chi connectivity index (χ3v) is 3.53. The van der Waals surface area contributed by atoms with Crippen LogP contribution in [-0.4, -0.2) is 44.3 Å². The van der Waals surface area contributed by atoms with Crippen molar-refractivity contribution in [3.8, 4) is 0 Å². The highest BCUT2D eigenvalue weighted by atomic mass is 16.2. The lowest BCUT2D eigenvalue weighted by atomic mass is 10.3. The molecule has 0 spiro atoms. The molecule has 1 aliphatic rings. The summed E-state index contributed by atoms with van der Waals surface area (Å²) in [6.45, 7) is 3.52. The Kier molecular flexibility index (Phi) is 3.17. The largest absolute Gasteiger partial charge is 0.382 e. The van der Waals surface area contributed by atoms with E-state index >= 15 is 0 Å². The average Bonchev–Trinajstić information content (AvgIpc) is 3.08. The van der Waals surface area contributed by atoms with Crippen molar-refractivity contribution in [2.75, 3.05) is 24.1 Å². The molecule has 1 saturated heterocycles. The molecule has 7 nitrogen and oxygen atoms in total. The molecule has 3 rings (SSSR count). The van der Waals surface area contributed by atoms with Gasteiger partial charge in [0.05, 0.1) is 6.20 Å². The number of amides is 1. The van der Waals surface area contributed by atoms with Gasteiger partial charge < -0.3 is 20.4 Å². The molecule has 2 aromatic heterocycles. The van der Waals surface area contributed by atoms with Crippen molar-refractivity contribution in [2.45, 2.75) is 25.8 Å². The summed E-state index contributed by atoms with van der Waals surface area (Å²) in [5.74, 6) is 1.02. The van der Waals surface area contributed by atoms with Crippen LogP contribution in [0.3, 0.4) is 0 Å². The highest BCUT2D eigenvalue weighted by Gasteiger charge is 2.24. The Bertz CT molecular complexity index is 631. The van der Waals surface area contributed by atoms with Gasteiger partial charge in [0, 0.05) is 25.5 Å². The molecule has 0 radical (unpaired) electrons. The topological polar surface area (TPSA) is 88.5 Å². The average molecular weight is 274 g/mol. The molecule has 3 N–H and O–H groups in total. The minimum Gasteiger partial charge on any atom is -0.382 e. The SMILES string of the molecule is CC(Nc1nc(N)cn2ccnc12)C(=O)N1CCCC1. The minimum atomic E-state index is -0.345. The van der Waals surface area contributed by atoms with Crippen molar-refractivity contribution in [2.24, 2.45) is 0 Å². The summed E-state index contributed by atoms with van der Waals surface area (Å²) in [5.41, 5.74) is 6.43. The van der Waals surface area contributed by atoms with Crippen LogP contribution in [-0.2, 0) is 4.79 Å². The molecule has 0 aromatic carbocycles. The Balaban J connectivity index is 1.81. The van der Waals surface area contributed by atoms with Crippen molar-refractivity contribution in [1.82, 2.24) is 19.3 Å². The van der Waals surface area contributed by atoms with E-state index in [-0.39, 0.29) is 11.9 Å². The fourth-order valence-electron chi connectivity index (χ4n) is 2.53. The summed E-state index contributed by atoms with van der Waals surface area (Å²) in [4.78, 5) is 22.6. The molecule has 1 atom stereocenters. The van der Waals surface area contributed by atoms with Crippen LogP contribution in [0.1, 0.15) is 19.8 Å². The molecule has 0 bridgehead atoms. The standard InChI is InChI=1S/C13H18N6O/c1-9(13(20)18-5-2-3-6-18)16-11-12-15-4-7-19(12)8-10(14)17-11/h4,7-9H,2-3,5-6,14H2,1H3,(H,16,17). The van der Waals surface area contributed by atoms with Crippen LogP contribution in [0.4, 0.5) is 11.6 Å². The molecule has 1 aliphatic heterocycles. The lowest BCUT2D eigenvalue weighted by Crippen LogP contribution is -2.39. The molecule has 0 saturated carbocycles. The van der Waals surface area contributed by atoms with Crippen molar-refractivity contribution >= 4 is 23.2 Å². The number of carbonyl (C=O) groups is 1. The van der Waals surface area contributed by atoms with E-state index in [9.17, 15) is 4.79 Å². The molecule has 1 fully saturated rings. The summed E-state index contributed by atoms with van der Waals surface area (Å²) in [6, 6.07) is -0.345. The first kappa shape index (κ1) is 12.7. The molecule has 20 heavy (non-hydrogen) atoms. The van der Waals surface area contributed by atoms with Gasteiger partial charge in [-0.2, -0.15) is 0 Å². The number of aromatic nitrogens is 3. The van der Waals surface area contributed by atoms with E-state index in [0.29, 0.717) is 17.3 Å². The zero-order valence-electron chi connectivity index (χ0n) is 11.4. The fourth-order valence-corrected chi connectivity index (χ4v) is 2.53. The number of hydrogen-bond acceptors (Lipinski definition) is 5. The Morgan fingerprint density at radius 1 is 1.45 bits per heavy atom. The van der Waals surface area contributed by atoms with Crippen molar-refractivity contribution in [3.05, 3.63) is 18.6 Å². The smallest absolute Gasteiger partial charge is 0.244 e. The van der Waals surface area contributed by atoms with E-state index in [1.165, 1.54) is 0 Å². The minimum absolute atomic E-state index is 0.0939. The number of nitrogens with one attached hydrogen (secondary N) is 1. The van der Waals surface area contributed by atoms with Gasteiger partial charge in [-0.1, -0.05) is 0 Å². The maximum absolute atomic E-state index is 12.3. The Hall–Kier alpha value is -2.31. The zero-order valence-corrected chi connectivity index (χ0v) is 11.4. The van der Waals surface area contributed by atoms with Crippen LogP contribution in [0.2, 0.25) is 0 Å². The summed E-state index contributed by atoms with van der Waals surface area (Å²) < 4.78 is 1.79. The quantitative estimate of drug-likeness (QED) is 0.861.